The van der Waals surface area contributed by atoms with Crippen LogP contribution in [0.3, 0.4) is 0 Å². The number of primary sulfonamides is 1. The lowest BCUT2D eigenvalue weighted by atomic mass is 10.4. The topological polar surface area (TPSA) is 104 Å². The van der Waals surface area contributed by atoms with Gasteiger partial charge < -0.3 is 0 Å². The Morgan fingerprint density at radius 3 is 2.76 bits per heavy atom. The lowest BCUT2D eigenvalue weighted by molar-refractivity contribution is 0.560. The van der Waals surface area contributed by atoms with Gasteiger partial charge in [0.2, 0.25) is 0 Å². The molecular formula is C8H11N5O2S2. The van der Waals surface area contributed by atoms with Crippen LogP contribution in [0.1, 0.15) is 13.3 Å². The van der Waals surface area contributed by atoms with E-state index in [0.29, 0.717) is 12.4 Å². The van der Waals surface area contributed by atoms with Crippen molar-refractivity contribution in [1.29, 1.82) is 0 Å². The molecule has 2 N–H and O–H groups in total. The second-order valence-electron chi connectivity index (χ2n) is 3.37. The van der Waals surface area contributed by atoms with Crippen molar-refractivity contribution in [3.05, 3.63) is 11.7 Å². The average molecular weight is 273 g/mol. The maximum Gasteiger partial charge on any atom is 0.273 e. The van der Waals surface area contributed by atoms with Gasteiger partial charge in [0.15, 0.2) is 5.82 Å². The Morgan fingerprint density at radius 1 is 1.47 bits per heavy atom. The number of nitrogens with two attached hydrogens (primary N) is 1. The first-order valence-electron chi connectivity index (χ1n) is 4.89. The number of hydrogen-bond donors (Lipinski definition) is 1. The van der Waals surface area contributed by atoms with Gasteiger partial charge in [0.25, 0.3) is 15.2 Å². The summed E-state index contributed by atoms with van der Waals surface area (Å²) in [5.41, 5.74) is 1.65. The van der Waals surface area contributed by atoms with E-state index in [1.54, 1.807) is 11.7 Å². The maximum absolute atomic E-state index is 11.4. The second-order valence-corrected chi connectivity index (χ2v) is 5.71. The van der Waals surface area contributed by atoms with Crippen molar-refractivity contribution in [2.75, 3.05) is 0 Å². The summed E-state index contributed by atoms with van der Waals surface area (Å²) in [7, 11) is -3.85. The summed E-state index contributed by atoms with van der Waals surface area (Å²) in [6, 6.07) is 0. The third kappa shape index (κ3) is 2.35. The van der Waals surface area contributed by atoms with Crippen LogP contribution in [0.2, 0.25) is 0 Å². The van der Waals surface area contributed by atoms with E-state index in [-0.39, 0.29) is 5.16 Å². The zero-order chi connectivity index (χ0) is 12.5. The van der Waals surface area contributed by atoms with Crippen LogP contribution in [0.25, 0.3) is 10.7 Å². The molecule has 2 heterocycles. The van der Waals surface area contributed by atoms with Gasteiger partial charge in [0.1, 0.15) is 0 Å². The highest BCUT2D eigenvalue weighted by molar-refractivity contribution is 7.89. The predicted molar refractivity (Wildman–Crippen MR) is 62.8 cm³/mol. The Balaban J connectivity index is 2.59. The number of rotatable bonds is 4. The highest BCUT2D eigenvalue weighted by atomic mass is 32.2. The van der Waals surface area contributed by atoms with E-state index in [9.17, 15) is 8.42 Å². The number of sulfonamides is 1. The van der Waals surface area contributed by atoms with Gasteiger partial charge in [-0.3, -0.25) is 9.55 Å². The molecule has 2 aromatic rings. The fourth-order valence-electron chi connectivity index (χ4n) is 1.43. The summed E-state index contributed by atoms with van der Waals surface area (Å²) < 4.78 is 24.2. The monoisotopic (exact) mass is 273 g/mol. The molecule has 0 aliphatic carbocycles. The van der Waals surface area contributed by atoms with Crippen LogP contribution in [0.5, 0.6) is 0 Å². The van der Waals surface area contributed by atoms with Gasteiger partial charge in [-0.2, -0.15) is 0 Å². The summed E-state index contributed by atoms with van der Waals surface area (Å²) in [6.07, 6.45) is 2.38. The Kier molecular flexibility index (Phi) is 3.22. The van der Waals surface area contributed by atoms with E-state index < -0.39 is 10.0 Å². The quantitative estimate of drug-likeness (QED) is 0.871. The van der Waals surface area contributed by atoms with Crippen LogP contribution in [0.4, 0.5) is 0 Å². The van der Waals surface area contributed by atoms with Crippen LogP contribution in [0, 0.1) is 0 Å². The summed E-state index contributed by atoms with van der Waals surface area (Å²) in [4.78, 5) is 4.69. The van der Waals surface area contributed by atoms with E-state index in [1.807, 2.05) is 6.92 Å². The van der Waals surface area contributed by atoms with Gasteiger partial charge in [0, 0.05) is 12.7 Å². The summed E-state index contributed by atoms with van der Waals surface area (Å²) in [6.45, 7) is 2.43. The van der Waals surface area contributed by atoms with Gasteiger partial charge in [-0.05, 0) is 6.42 Å². The minimum absolute atomic E-state index is 0.206. The minimum Gasteiger partial charge on any atom is -0.296 e. The number of nitrogens with zero attached hydrogens (tertiary/aromatic N) is 4. The molecule has 0 unspecified atom stereocenters. The standard InChI is InChI=1S/C8H11N5O2S2/c1-2-3-13-7(6-4-10-5-16-6)11-12-8(13)17(9,14)15/h4-5H,2-3H2,1H3,(H2,9,14,15). The van der Waals surface area contributed by atoms with Gasteiger partial charge in [-0.25, -0.2) is 13.6 Å². The summed E-state index contributed by atoms with van der Waals surface area (Å²) >= 11 is 1.37. The molecule has 0 aliphatic rings. The smallest absolute Gasteiger partial charge is 0.273 e. The second kappa shape index (κ2) is 4.51. The van der Waals surface area contributed by atoms with Gasteiger partial charge >= 0.3 is 0 Å². The number of aromatic nitrogens is 4. The van der Waals surface area contributed by atoms with Crippen LogP contribution >= 0.6 is 11.3 Å². The van der Waals surface area contributed by atoms with Crippen molar-refractivity contribution < 1.29 is 8.42 Å². The van der Waals surface area contributed by atoms with E-state index in [1.165, 1.54) is 15.9 Å². The van der Waals surface area contributed by atoms with Crippen LogP contribution in [-0.4, -0.2) is 28.2 Å². The molecule has 0 aliphatic heterocycles. The minimum atomic E-state index is -3.85. The van der Waals surface area contributed by atoms with Gasteiger partial charge in [-0.1, -0.05) is 6.92 Å². The number of thiazole rings is 1. The van der Waals surface area contributed by atoms with Crippen LogP contribution in [0.15, 0.2) is 16.9 Å². The normalized spacial score (nSPS) is 11.9. The first-order chi connectivity index (χ1) is 8.04. The molecule has 2 aromatic heterocycles. The number of hydrogen-bond acceptors (Lipinski definition) is 6. The molecule has 0 atom stereocenters. The first-order valence-corrected chi connectivity index (χ1v) is 7.31. The molecule has 2 rings (SSSR count). The fraction of sp³-hybridized carbons (Fsp3) is 0.375. The van der Waals surface area contributed by atoms with Crippen LogP contribution < -0.4 is 5.14 Å². The van der Waals surface area contributed by atoms with Gasteiger partial charge in [-0.15, -0.1) is 21.5 Å². The van der Waals surface area contributed by atoms with Gasteiger partial charge in [0.05, 0.1) is 10.4 Å². The van der Waals surface area contributed by atoms with Crippen molar-refractivity contribution in [3.63, 3.8) is 0 Å². The average Bonchev–Trinajstić information content (AvgIpc) is 2.82. The Labute approximate surface area is 102 Å². The van der Waals surface area contributed by atoms with E-state index in [2.05, 4.69) is 15.2 Å². The Bertz CT molecular complexity index is 602. The molecule has 0 radical (unpaired) electrons. The zero-order valence-corrected chi connectivity index (χ0v) is 10.7. The molecule has 0 aromatic carbocycles. The molecule has 17 heavy (non-hydrogen) atoms. The molecule has 0 saturated heterocycles. The first kappa shape index (κ1) is 12.1. The summed E-state index contributed by atoms with van der Waals surface area (Å²) in [5, 5.41) is 12.4. The lowest BCUT2D eigenvalue weighted by Crippen LogP contribution is -2.18. The Morgan fingerprint density at radius 2 is 2.24 bits per heavy atom. The lowest BCUT2D eigenvalue weighted by Gasteiger charge is -2.05. The van der Waals surface area contributed by atoms with E-state index in [0.717, 1.165) is 11.3 Å². The van der Waals surface area contributed by atoms with Crippen molar-refractivity contribution >= 4 is 21.4 Å². The molecular weight excluding hydrogens is 262 g/mol. The SMILES string of the molecule is CCCn1c(-c2cncs2)nnc1S(N)(=O)=O. The molecule has 0 bridgehead atoms. The molecule has 7 nitrogen and oxygen atoms in total. The highest BCUT2D eigenvalue weighted by Crippen LogP contribution is 2.23. The third-order valence-electron chi connectivity index (χ3n) is 2.07. The van der Waals surface area contributed by atoms with E-state index >= 15 is 0 Å². The zero-order valence-electron chi connectivity index (χ0n) is 9.07. The fourth-order valence-corrected chi connectivity index (χ4v) is 2.69. The molecule has 0 spiro atoms. The van der Waals surface area contributed by atoms with Crippen LogP contribution in [-0.2, 0) is 16.6 Å². The highest BCUT2D eigenvalue weighted by Gasteiger charge is 2.21. The van der Waals surface area contributed by atoms with Crippen molar-refractivity contribution in [1.82, 2.24) is 19.7 Å². The van der Waals surface area contributed by atoms with Crippen molar-refractivity contribution in [2.45, 2.75) is 25.0 Å². The summed E-state index contributed by atoms with van der Waals surface area (Å²) in [5.74, 6) is 0.485. The maximum atomic E-state index is 11.4. The molecule has 0 fully saturated rings. The Hall–Kier alpha value is -1.32. The molecule has 0 amide bonds. The molecule has 0 saturated carbocycles. The van der Waals surface area contributed by atoms with E-state index in [4.69, 9.17) is 5.14 Å². The third-order valence-corrected chi connectivity index (χ3v) is 3.65. The molecule has 92 valence electrons. The predicted octanol–water partition coefficient (Wildman–Crippen LogP) is 0.459. The molecule has 9 heteroatoms. The van der Waals surface area contributed by atoms with Crippen molar-refractivity contribution in [3.8, 4) is 10.7 Å². The largest absolute Gasteiger partial charge is 0.296 e. The van der Waals surface area contributed by atoms with Crippen molar-refractivity contribution in [2.24, 2.45) is 5.14 Å².